The third-order valence-electron chi connectivity index (χ3n) is 2.83. The van der Waals surface area contributed by atoms with E-state index in [0.717, 1.165) is 37.6 Å². The first kappa shape index (κ1) is 11.9. The number of carbonyl (C=O) groups is 1. The summed E-state index contributed by atoms with van der Waals surface area (Å²) in [5, 5.41) is 3.27. The summed E-state index contributed by atoms with van der Waals surface area (Å²) < 4.78 is 4.80. The van der Waals surface area contributed by atoms with E-state index in [1.165, 1.54) is 7.11 Å². The average molecular weight is 235 g/mol. The van der Waals surface area contributed by atoms with Crippen LogP contribution in [0, 0.1) is 6.92 Å². The highest BCUT2D eigenvalue weighted by Crippen LogP contribution is 2.20. The molecule has 0 saturated carbocycles. The van der Waals surface area contributed by atoms with Crippen LogP contribution < -0.4 is 10.2 Å². The van der Waals surface area contributed by atoms with Crippen molar-refractivity contribution in [3.8, 4) is 0 Å². The molecule has 0 spiro atoms. The number of nitrogens with zero attached hydrogens (tertiary/aromatic N) is 2. The monoisotopic (exact) mass is 235 g/mol. The zero-order valence-electron chi connectivity index (χ0n) is 10.2. The molecule has 2 rings (SSSR count). The second-order valence-corrected chi connectivity index (χ2v) is 4.11. The first-order valence-electron chi connectivity index (χ1n) is 5.73. The summed E-state index contributed by atoms with van der Waals surface area (Å²) in [6.45, 7) is 5.47. The molecular formula is C12H17N3O2. The Morgan fingerprint density at radius 2 is 2.18 bits per heavy atom. The van der Waals surface area contributed by atoms with Gasteiger partial charge >= 0.3 is 5.97 Å². The Labute approximate surface area is 101 Å². The molecule has 1 aromatic rings. The number of aryl methyl sites for hydroxylation is 1. The summed E-state index contributed by atoms with van der Waals surface area (Å²) in [6, 6.07) is 1.83. The van der Waals surface area contributed by atoms with Crippen molar-refractivity contribution in [3.63, 3.8) is 0 Å². The van der Waals surface area contributed by atoms with Gasteiger partial charge in [-0.1, -0.05) is 0 Å². The molecule has 1 aliphatic heterocycles. The average Bonchev–Trinajstić information content (AvgIpc) is 2.38. The van der Waals surface area contributed by atoms with Crippen LogP contribution in [0.1, 0.15) is 15.9 Å². The van der Waals surface area contributed by atoms with Crippen molar-refractivity contribution in [2.24, 2.45) is 0 Å². The maximum absolute atomic E-state index is 11.7. The van der Waals surface area contributed by atoms with Crippen LogP contribution in [0.15, 0.2) is 12.3 Å². The van der Waals surface area contributed by atoms with Gasteiger partial charge < -0.3 is 15.0 Å². The quantitative estimate of drug-likeness (QED) is 0.760. The summed E-state index contributed by atoms with van der Waals surface area (Å²) in [4.78, 5) is 18.2. The van der Waals surface area contributed by atoms with Gasteiger partial charge in [-0.15, -0.1) is 0 Å². The number of aromatic nitrogens is 1. The standard InChI is InChI=1S/C12H17N3O2/c1-9-7-10(12(16)17-2)11(14-8-9)15-5-3-13-4-6-15/h7-8,13H,3-6H2,1-2H3. The van der Waals surface area contributed by atoms with E-state index in [1.54, 1.807) is 6.20 Å². The van der Waals surface area contributed by atoms with Crippen molar-refractivity contribution >= 4 is 11.8 Å². The minimum absolute atomic E-state index is 0.324. The van der Waals surface area contributed by atoms with E-state index in [4.69, 9.17) is 4.74 Å². The van der Waals surface area contributed by atoms with E-state index < -0.39 is 0 Å². The summed E-state index contributed by atoms with van der Waals surface area (Å²) in [5.74, 6) is 0.402. The highest BCUT2D eigenvalue weighted by atomic mass is 16.5. The van der Waals surface area contributed by atoms with Gasteiger partial charge in [0, 0.05) is 32.4 Å². The lowest BCUT2D eigenvalue weighted by atomic mass is 10.2. The predicted molar refractivity (Wildman–Crippen MR) is 65.4 cm³/mol. The Hall–Kier alpha value is -1.62. The largest absolute Gasteiger partial charge is 0.465 e. The minimum Gasteiger partial charge on any atom is -0.465 e. The van der Waals surface area contributed by atoms with Gasteiger partial charge in [0.15, 0.2) is 0 Å². The zero-order valence-corrected chi connectivity index (χ0v) is 10.2. The first-order valence-corrected chi connectivity index (χ1v) is 5.73. The third-order valence-corrected chi connectivity index (χ3v) is 2.83. The number of carbonyl (C=O) groups excluding carboxylic acids is 1. The van der Waals surface area contributed by atoms with Crippen LogP contribution in [0.25, 0.3) is 0 Å². The Kier molecular flexibility index (Phi) is 3.58. The number of anilines is 1. The van der Waals surface area contributed by atoms with Crippen LogP contribution in [-0.2, 0) is 4.74 Å². The molecule has 92 valence electrons. The van der Waals surface area contributed by atoms with Crippen molar-refractivity contribution < 1.29 is 9.53 Å². The SMILES string of the molecule is COC(=O)c1cc(C)cnc1N1CCNCC1. The number of hydrogen-bond donors (Lipinski definition) is 1. The molecule has 0 radical (unpaired) electrons. The molecule has 1 aliphatic rings. The van der Waals surface area contributed by atoms with E-state index in [-0.39, 0.29) is 5.97 Å². The fourth-order valence-corrected chi connectivity index (χ4v) is 1.95. The molecule has 5 heteroatoms. The molecule has 1 fully saturated rings. The van der Waals surface area contributed by atoms with Crippen molar-refractivity contribution in [1.82, 2.24) is 10.3 Å². The lowest BCUT2D eigenvalue weighted by Gasteiger charge is -2.29. The Balaban J connectivity index is 2.34. The van der Waals surface area contributed by atoms with Gasteiger partial charge in [-0.3, -0.25) is 0 Å². The van der Waals surface area contributed by atoms with Crippen molar-refractivity contribution in [3.05, 3.63) is 23.4 Å². The van der Waals surface area contributed by atoms with Crippen LogP contribution in [0.5, 0.6) is 0 Å². The van der Waals surface area contributed by atoms with Gasteiger partial charge in [0.25, 0.3) is 0 Å². The summed E-state index contributed by atoms with van der Waals surface area (Å²) in [6.07, 6.45) is 1.78. The summed E-state index contributed by atoms with van der Waals surface area (Å²) in [7, 11) is 1.40. The Bertz CT molecular complexity index is 414. The third kappa shape index (κ3) is 2.55. The fourth-order valence-electron chi connectivity index (χ4n) is 1.95. The van der Waals surface area contributed by atoms with E-state index in [1.807, 2.05) is 13.0 Å². The number of nitrogens with one attached hydrogen (secondary N) is 1. The minimum atomic E-state index is -0.324. The number of piperazine rings is 1. The molecule has 1 saturated heterocycles. The zero-order chi connectivity index (χ0) is 12.3. The summed E-state index contributed by atoms with van der Waals surface area (Å²) >= 11 is 0. The molecule has 5 nitrogen and oxygen atoms in total. The second kappa shape index (κ2) is 5.14. The molecule has 17 heavy (non-hydrogen) atoms. The highest BCUT2D eigenvalue weighted by Gasteiger charge is 2.20. The molecule has 0 amide bonds. The van der Waals surface area contributed by atoms with Crippen LogP contribution >= 0.6 is 0 Å². The molecule has 2 heterocycles. The lowest BCUT2D eigenvalue weighted by Crippen LogP contribution is -2.44. The van der Waals surface area contributed by atoms with E-state index >= 15 is 0 Å². The Morgan fingerprint density at radius 3 is 2.82 bits per heavy atom. The number of esters is 1. The predicted octanol–water partition coefficient (Wildman–Crippen LogP) is 0.586. The summed E-state index contributed by atoms with van der Waals surface area (Å²) in [5.41, 5.74) is 1.51. The molecule has 0 aromatic carbocycles. The topological polar surface area (TPSA) is 54.5 Å². The smallest absolute Gasteiger partial charge is 0.341 e. The van der Waals surface area contributed by atoms with Gasteiger partial charge in [-0.05, 0) is 18.6 Å². The van der Waals surface area contributed by atoms with E-state index in [9.17, 15) is 4.79 Å². The molecule has 1 aromatic heterocycles. The molecule has 0 aliphatic carbocycles. The van der Waals surface area contributed by atoms with Gasteiger partial charge in [-0.2, -0.15) is 0 Å². The molecule has 0 atom stereocenters. The maximum Gasteiger partial charge on any atom is 0.341 e. The molecule has 0 bridgehead atoms. The van der Waals surface area contributed by atoms with Gasteiger partial charge in [-0.25, -0.2) is 9.78 Å². The van der Waals surface area contributed by atoms with Crippen LogP contribution in [0.4, 0.5) is 5.82 Å². The van der Waals surface area contributed by atoms with Crippen molar-refractivity contribution in [2.75, 3.05) is 38.2 Å². The van der Waals surface area contributed by atoms with Gasteiger partial charge in [0.05, 0.1) is 7.11 Å². The van der Waals surface area contributed by atoms with Crippen LogP contribution in [0.3, 0.4) is 0 Å². The highest BCUT2D eigenvalue weighted by molar-refractivity contribution is 5.95. The van der Waals surface area contributed by atoms with E-state index in [0.29, 0.717) is 5.56 Å². The Morgan fingerprint density at radius 1 is 1.47 bits per heavy atom. The molecular weight excluding hydrogens is 218 g/mol. The normalized spacial score (nSPS) is 15.8. The number of pyridine rings is 1. The molecule has 0 unspecified atom stereocenters. The van der Waals surface area contributed by atoms with Crippen molar-refractivity contribution in [2.45, 2.75) is 6.92 Å². The van der Waals surface area contributed by atoms with E-state index in [2.05, 4.69) is 15.2 Å². The maximum atomic E-state index is 11.7. The number of rotatable bonds is 2. The lowest BCUT2D eigenvalue weighted by molar-refractivity contribution is 0.0601. The van der Waals surface area contributed by atoms with Gasteiger partial charge in [0.1, 0.15) is 11.4 Å². The van der Waals surface area contributed by atoms with Crippen LogP contribution in [0.2, 0.25) is 0 Å². The number of ether oxygens (including phenoxy) is 1. The van der Waals surface area contributed by atoms with Crippen molar-refractivity contribution in [1.29, 1.82) is 0 Å². The number of methoxy groups -OCH3 is 1. The molecule has 1 N–H and O–H groups in total. The number of hydrogen-bond acceptors (Lipinski definition) is 5. The second-order valence-electron chi connectivity index (χ2n) is 4.11. The van der Waals surface area contributed by atoms with Crippen LogP contribution in [-0.4, -0.2) is 44.2 Å². The van der Waals surface area contributed by atoms with Gasteiger partial charge in [0.2, 0.25) is 0 Å². The first-order chi connectivity index (χ1) is 8.22. The fraction of sp³-hybridized carbons (Fsp3) is 0.500.